The Hall–Kier alpha value is -1.26. The number of alkyl halides is 2. The molecule has 2 aliphatic rings. The van der Waals surface area contributed by atoms with Crippen LogP contribution >= 0.6 is 23.2 Å². The van der Waals surface area contributed by atoms with Crippen LogP contribution in [0.15, 0.2) is 30.3 Å². The molecule has 1 aliphatic carbocycles. The molecular weight excluding hydrogens is 325 g/mol. The monoisotopic (exact) mass is 341 g/mol. The number of rotatable bonds is 5. The Balaban J connectivity index is 1.47. The fraction of sp³-hybridized carbons (Fsp3) is 0.500. The molecule has 1 saturated carbocycles. The normalized spacial score (nSPS) is 26.1. The van der Waals surface area contributed by atoms with Gasteiger partial charge in [0.15, 0.2) is 0 Å². The molecule has 22 heavy (non-hydrogen) atoms. The summed E-state index contributed by atoms with van der Waals surface area (Å²) < 4.78 is 4.29. The van der Waals surface area contributed by atoms with Crippen LogP contribution in [0.3, 0.4) is 0 Å². The van der Waals surface area contributed by atoms with Gasteiger partial charge in [0.25, 0.3) is 0 Å². The van der Waals surface area contributed by atoms with Gasteiger partial charge in [0, 0.05) is 25.4 Å². The zero-order valence-electron chi connectivity index (χ0n) is 12.0. The van der Waals surface area contributed by atoms with Crippen LogP contribution in [0.2, 0.25) is 0 Å². The van der Waals surface area contributed by atoms with Crippen molar-refractivity contribution in [2.24, 2.45) is 11.8 Å². The molecule has 1 aromatic carbocycles. The number of likely N-dealkylation sites (tertiary alicyclic amines) is 1. The molecule has 0 aromatic heterocycles. The van der Waals surface area contributed by atoms with Crippen molar-refractivity contribution < 1.29 is 14.3 Å². The van der Waals surface area contributed by atoms with Gasteiger partial charge in [-0.2, -0.15) is 0 Å². The number of hydrogen-bond acceptors (Lipinski definition) is 3. The van der Waals surface area contributed by atoms with Gasteiger partial charge in [0.2, 0.25) is 5.91 Å². The Morgan fingerprint density at radius 2 is 2.00 bits per heavy atom. The summed E-state index contributed by atoms with van der Waals surface area (Å²) in [5, 5.41) is 0. The molecule has 0 N–H and O–H groups in total. The lowest BCUT2D eigenvalue weighted by molar-refractivity contribution is -0.146. The van der Waals surface area contributed by atoms with Crippen LogP contribution in [-0.2, 0) is 20.9 Å². The second kappa shape index (κ2) is 6.09. The first-order valence-electron chi connectivity index (χ1n) is 7.32. The van der Waals surface area contributed by atoms with Crippen molar-refractivity contribution in [3.05, 3.63) is 35.9 Å². The van der Waals surface area contributed by atoms with Crippen molar-refractivity contribution in [1.82, 2.24) is 4.90 Å². The lowest BCUT2D eigenvalue weighted by atomic mass is 10.1. The van der Waals surface area contributed by atoms with Crippen LogP contribution in [0, 0.1) is 11.8 Å². The molecule has 3 rings (SSSR count). The van der Waals surface area contributed by atoms with E-state index in [1.165, 1.54) is 0 Å². The van der Waals surface area contributed by atoms with Gasteiger partial charge >= 0.3 is 5.97 Å². The van der Waals surface area contributed by atoms with Gasteiger partial charge < -0.3 is 9.64 Å². The molecule has 1 saturated heterocycles. The molecule has 0 spiro atoms. The van der Waals surface area contributed by atoms with Crippen LogP contribution in [0.1, 0.15) is 18.4 Å². The summed E-state index contributed by atoms with van der Waals surface area (Å²) in [5.74, 6) is -0.647. The summed E-state index contributed by atoms with van der Waals surface area (Å²) in [7, 11) is 0. The molecule has 4 nitrogen and oxygen atoms in total. The molecule has 2 fully saturated rings. The highest BCUT2D eigenvalue weighted by molar-refractivity contribution is 6.52. The van der Waals surface area contributed by atoms with Gasteiger partial charge in [0.1, 0.15) is 4.33 Å². The second-order valence-corrected chi connectivity index (χ2v) is 7.52. The zero-order valence-corrected chi connectivity index (χ0v) is 13.5. The maximum Gasteiger partial charge on any atom is 0.312 e. The standard InChI is InChI=1S/C16H17Cl2NO3/c17-16(18)7-13(16)15(21)22-10-12-6-14(20)19(9-12)8-11-4-2-1-3-5-11/h1-5,12-13H,6-10H2/t12-,13+/m0/s1. The average molecular weight is 342 g/mol. The van der Waals surface area contributed by atoms with Crippen molar-refractivity contribution in [1.29, 1.82) is 0 Å². The Morgan fingerprint density at radius 1 is 1.32 bits per heavy atom. The van der Waals surface area contributed by atoms with E-state index in [9.17, 15) is 9.59 Å². The van der Waals surface area contributed by atoms with E-state index in [0.717, 1.165) is 5.56 Å². The predicted molar refractivity (Wildman–Crippen MR) is 83.5 cm³/mol. The third kappa shape index (κ3) is 3.55. The number of carbonyl (C=O) groups is 2. The Kier molecular flexibility index (Phi) is 4.33. The van der Waals surface area contributed by atoms with E-state index in [-0.39, 0.29) is 24.4 Å². The number of benzene rings is 1. The van der Waals surface area contributed by atoms with Gasteiger partial charge in [-0.05, 0) is 12.0 Å². The van der Waals surface area contributed by atoms with Crippen molar-refractivity contribution in [3.63, 3.8) is 0 Å². The maximum absolute atomic E-state index is 12.0. The number of ether oxygens (including phenoxy) is 1. The molecular formula is C16H17Cl2NO3. The average Bonchev–Trinajstić information content (AvgIpc) is 2.99. The molecule has 1 aromatic rings. The third-order valence-corrected chi connectivity index (χ3v) is 4.92. The Labute approximate surface area is 139 Å². The summed E-state index contributed by atoms with van der Waals surface area (Å²) >= 11 is 11.7. The summed E-state index contributed by atoms with van der Waals surface area (Å²) in [4.78, 5) is 25.6. The lowest BCUT2D eigenvalue weighted by Crippen LogP contribution is -2.25. The number of nitrogens with zero attached hydrogens (tertiary/aromatic N) is 1. The van der Waals surface area contributed by atoms with Crippen LogP contribution in [0.4, 0.5) is 0 Å². The van der Waals surface area contributed by atoms with E-state index < -0.39 is 10.3 Å². The highest BCUT2D eigenvalue weighted by atomic mass is 35.5. The van der Waals surface area contributed by atoms with Crippen LogP contribution in [0.5, 0.6) is 0 Å². The number of carbonyl (C=O) groups excluding carboxylic acids is 2. The minimum atomic E-state index is -0.956. The zero-order chi connectivity index (χ0) is 15.7. The lowest BCUT2D eigenvalue weighted by Gasteiger charge is -2.16. The van der Waals surface area contributed by atoms with Crippen molar-refractivity contribution in [2.45, 2.75) is 23.7 Å². The first kappa shape index (κ1) is 15.6. The molecule has 2 atom stereocenters. The summed E-state index contributed by atoms with van der Waals surface area (Å²) in [6.45, 7) is 1.45. The third-order valence-electron chi connectivity index (χ3n) is 4.08. The minimum Gasteiger partial charge on any atom is -0.465 e. The Bertz CT molecular complexity index is 576. The Morgan fingerprint density at radius 3 is 2.64 bits per heavy atom. The summed E-state index contributed by atoms with van der Waals surface area (Å²) in [5.41, 5.74) is 1.10. The largest absolute Gasteiger partial charge is 0.465 e. The highest BCUT2D eigenvalue weighted by Gasteiger charge is 2.57. The smallest absolute Gasteiger partial charge is 0.312 e. The minimum absolute atomic E-state index is 0.0407. The van der Waals surface area contributed by atoms with Crippen LogP contribution in [-0.4, -0.2) is 34.3 Å². The topological polar surface area (TPSA) is 46.6 Å². The summed E-state index contributed by atoms with van der Waals surface area (Å²) in [6.07, 6.45) is 0.857. The first-order valence-corrected chi connectivity index (χ1v) is 8.07. The second-order valence-electron chi connectivity index (χ2n) is 5.98. The first-order chi connectivity index (χ1) is 10.5. The van der Waals surface area contributed by atoms with Crippen molar-refractivity contribution >= 4 is 35.1 Å². The van der Waals surface area contributed by atoms with Crippen molar-refractivity contribution in [3.8, 4) is 0 Å². The van der Waals surface area contributed by atoms with E-state index in [2.05, 4.69) is 0 Å². The van der Waals surface area contributed by atoms with E-state index in [1.54, 1.807) is 4.90 Å². The molecule has 0 radical (unpaired) electrons. The number of esters is 1. The number of hydrogen-bond donors (Lipinski definition) is 0. The van der Waals surface area contributed by atoms with Crippen molar-refractivity contribution in [2.75, 3.05) is 13.2 Å². The van der Waals surface area contributed by atoms with Gasteiger partial charge in [-0.25, -0.2) is 0 Å². The van der Waals surface area contributed by atoms with E-state index in [0.29, 0.717) is 25.9 Å². The fourth-order valence-electron chi connectivity index (χ4n) is 2.69. The SMILES string of the molecule is O=C(OC[C@H]1CC(=O)N(Cc2ccccc2)C1)[C@H]1CC1(Cl)Cl. The van der Waals surface area contributed by atoms with Gasteiger partial charge in [-0.3, -0.25) is 9.59 Å². The highest BCUT2D eigenvalue weighted by Crippen LogP contribution is 2.53. The van der Waals surface area contributed by atoms with E-state index in [1.807, 2.05) is 30.3 Å². The van der Waals surface area contributed by atoms with E-state index in [4.69, 9.17) is 27.9 Å². The molecule has 1 aliphatic heterocycles. The molecule has 1 amide bonds. The fourth-order valence-corrected chi connectivity index (χ4v) is 3.18. The maximum atomic E-state index is 12.0. The van der Waals surface area contributed by atoms with Gasteiger partial charge in [-0.15, -0.1) is 23.2 Å². The van der Waals surface area contributed by atoms with E-state index >= 15 is 0 Å². The van der Waals surface area contributed by atoms with Gasteiger partial charge in [0.05, 0.1) is 12.5 Å². The van der Waals surface area contributed by atoms with Gasteiger partial charge in [-0.1, -0.05) is 30.3 Å². The number of amides is 1. The van der Waals surface area contributed by atoms with Crippen LogP contribution < -0.4 is 0 Å². The predicted octanol–water partition coefficient (Wildman–Crippen LogP) is 2.77. The van der Waals surface area contributed by atoms with Crippen LogP contribution in [0.25, 0.3) is 0 Å². The molecule has 1 heterocycles. The molecule has 118 valence electrons. The molecule has 6 heteroatoms. The molecule has 0 unspecified atom stereocenters. The quantitative estimate of drug-likeness (QED) is 0.611. The number of halogens is 2. The molecule has 0 bridgehead atoms. The summed E-state index contributed by atoms with van der Waals surface area (Å²) in [6, 6.07) is 9.84.